The van der Waals surface area contributed by atoms with Crippen LogP contribution in [0.25, 0.3) is 21.3 Å². The van der Waals surface area contributed by atoms with Gasteiger partial charge in [0, 0.05) is 10.9 Å². The van der Waals surface area contributed by atoms with E-state index in [1.165, 1.54) is 42.7 Å². The number of hydrogen-bond donors (Lipinski definition) is 2. The number of hydrogen-bond acceptors (Lipinski definition) is 4. The van der Waals surface area contributed by atoms with Gasteiger partial charge in [-0.1, -0.05) is 18.2 Å². The Kier molecular flexibility index (Phi) is 4.07. The van der Waals surface area contributed by atoms with Crippen LogP contribution in [0.3, 0.4) is 0 Å². The van der Waals surface area contributed by atoms with Gasteiger partial charge in [-0.3, -0.25) is 9.78 Å². The number of carboxylic acids is 1. The number of aromatic nitrogens is 2. The predicted molar refractivity (Wildman–Crippen MR) is 106 cm³/mol. The van der Waals surface area contributed by atoms with Crippen molar-refractivity contribution in [1.82, 2.24) is 9.55 Å². The molecule has 2 N–H and O–H groups in total. The van der Waals surface area contributed by atoms with Crippen molar-refractivity contribution in [3.8, 4) is 11.1 Å². The monoisotopic (exact) mass is 384 g/mol. The summed E-state index contributed by atoms with van der Waals surface area (Å²) in [6.07, 6.45) is 4.46. The number of aryl methyl sites for hydroxylation is 2. The summed E-state index contributed by atoms with van der Waals surface area (Å²) in [5.74, 6) is -1.24. The predicted octanol–water partition coefficient (Wildman–Crippen LogP) is 3.12. The topological polar surface area (TPSA) is 92.2 Å². The number of H-pyrrole nitrogens is 1. The van der Waals surface area contributed by atoms with Gasteiger partial charge in [0.05, 0.1) is 5.39 Å². The Bertz CT molecular complexity index is 1180. The molecule has 3 aromatic rings. The lowest BCUT2D eigenvalue weighted by atomic mass is 9.89. The highest BCUT2D eigenvalue weighted by atomic mass is 32.1. The third-order valence-corrected chi connectivity index (χ3v) is 6.27. The number of rotatable bonds is 3. The number of nitrogens with zero attached hydrogens (tertiary/aromatic N) is 1. The normalized spacial score (nSPS) is 14.3. The van der Waals surface area contributed by atoms with Crippen LogP contribution in [0.15, 0.2) is 33.2 Å². The van der Waals surface area contributed by atoms with Crippen molar-refractivity contribution in [1.29, 1.82) is 0 Å². The van der Waals surface area contributed by atoms with Crippen molar-refractivity contribution in [2.24, 2.45) is 0 Å². The maximum Gasteiger partial charge on any atom is 0.330 e. The van der Waals surface area contributed by atoms with E-state index in [1.807, 2.05) is 11.4 Å². The van der Waals surface area contributed by atoms with Crippen LogP contribution >= 0.6 is 11.3 Å². The van der Waals surface area contributed by atoms with Crippen molar-refractivity contribution in [2.45, 2.75) is 45.1 Å². The van der Waals surface area contributed by atoms with E-state index in [0.717, 1.165) is 35.0 Å². The Hall–Kier alpha value is -2.67. The molecule has 1 aliphatic rings. The molecule has 140 valence electrons. The molecule has 0 radical (unpaired) electrons. The van der Waals surface area contributed by atoms with E-state index in [4.69, 9.17) is 0 Å². The second-order valence-electron chi connectivity index (χ2n) is 7.48. The molecular weight excluding hydrogens is 364 g/mol. The lowest BCUT2D eigenvalue weighted by molar-refractivity contribution is -0.146. The highest BCUT2D eigenvalue weighted by molar-refractivity contribution is 7.17. The summed E-state index contributed by atoms with van der Waals surface area (Å²) in [6.45, 7) is 2.70. The largest absolute Gasteiger partial charge is 0.480 e. The summed E-state index contributed by atoms with van der Waals surface area (Å²) in [7, 11) is 0. The molecule has 0 fully saturated rings. The van der Waals surface area contributed by atoms with E-state index in [0.29, 0.717) is 10.2 Å². The fourth-order valence-electron chi connectivity index (χ4n) is 3.74. The van der Waals surface area contributed by atoms with Gasteiger partial charge in [0.2, 0.25) is 0 Å². The summed E-state index contributed by atoms with van der Waals surface area (Å²) < 4.78 is 0.798. The molecule has 0 saturated carbocycles. The summed E-state index contributed by atoms with van der Waals surface area (Å²) in [6, 6.07) is 6.23. The number of fused-ring (bicyclic) bond motifs is 2. The minimum absolute atomic E-state index is 0.365. The van der Waals surface area contributed by atoms with Crippen molar-refractivity contribution < 1.29 is 9.90 Å². The summed E-state index contributed by atoms with van der Waals surface area (Å²) in [4.78, 5) is 40.3. The van der Waals surface area contributed by atoms with Crippen LogP contribution in [0.5, 0.6) is 0 Å². The van der Waals surface area contributed by atoms with Gasteiger partial charge in [-0.05, 0) is 56.2 Å². The van der Waals surface area contributed by atoms with Crippen LogP contribution in [0, 0.1) is 0 Å². The quantitative estimate of drug-likeness (QED) is 0.726. The van der Waals surface area contributed by atoms with E-state index < -0.39 is 22.8 Å². The van der Waals surface area contributed by atoms with E-state index in [2.05, 4.69) is 17.1 Å². The second-order valence-corrected chi connectivity index (χ2v) is 8.36. The van der Waals surface area contributed by atoms with Gasteiger partial charge >= 0.3 is 11.7 Å². The van der Waals surface area contributed by atoms with E-state index >= 15 is 0 Å². The summed E-state index contributed by atoms with van der Waals surface area (Å²) in [5, 5.41) is 11.7. The summed E-state index contributed by atoms with van der Waals surface area (Å²) in [5.41, 5.74) is 1.38. The minimum Gasteiger partial charge on any atom is -0.480 e. The van der Waals surface area contributed by atoms with Crippen molar-refractivity contribution >= 4 is 27.5 Å². The van der Waals surface area contributed by atoms with Crippen LogP contribution in [0.4, 0.5) is 0 Å². The van der Waals surface area contributed by atoms with E-state index in [9.17, 15) is 19.5 Å². The van der Waals surface area contributed by atoms with Gasteiger partial charge in [0.15, 0.2) is 0 Å². The Morgan fingerprint density at radius 3 is 2.59 bits per heavy atom. The summed E-state index contributed by atoms with van der Waals surface area (Å²) >= 11 is 1.29. The lowest BCUT2D eigenvalue weighted by Gasteiger charge is -2.21. The fourth-order valence-corrected chi connectivity index (χ4v) is 4.69. The molecule has 1 aliphatic carbocycles. The highest BCUT2D eigenvalue weighted by Gasteiger charge is 2.33. The SMILES string of the molecule is CC(C)(C(=O)O)n1c(=O)[nH]c2scc(-c3ccc4c(c3)CCCC4)c2c1=O. The van der Waals surface area contributed by atoms with Gasteiger partial charge in [-0.2, -0.15) is 0 Å². The minimum atomic E-state index is -1.64. The van der Waals surface area contributed by atoms with Crippen molar-refractivity contribution in [2.75, 3.05) is 0 Å². The number of benzene rings is 1. The lowest BCUT2D eigenvalue weighted by Crippen LogP contribution is -2.50. The fraction of sp³-hybridized carbons (Fsp3) is 0.350. The molecule has 7 heteroatoms. The molecule has 1 aromatic carbocycles. The third-order valence-electron chi connectivity index (χ3n) is 5.37. The zero-order valence-electron chi connectivity index (χ0n) is 15.2. The smallest absolute Gasteiger partial charge is 0.330 e. The molecule has 0 saturated heterocycles. The molecule has 0 atom stereocenters. The van der Waals surface area contributed by atoms with Gasteiger partial charge in [-0.25, -0.2) is 14.2 Å². The molecule has 2 heterocycles. The Morgan fingerprint density at radius 1 is 1.19 bits per heavy atom. The average molecular weight is 384 g/mol. The van der Waals surface area contributed by atoms with Gasteiger partial charge in [0.25, 0.3) is 5.56 Å². The van der Waals surface area contributed by atoms with Gasteiger partial charge in [0.1, 0.15) is 10.4 Å². The number of aliphatic carboxylic acids is 1. The molecule has 6 nitrogen and oxygen atoms in total. The first-order chi connectivity index (χ1) is 12.8. The molecule has 2 aromatic heterocycles. The first kappa shape index (κ1) is 17.7. The molecule has 0 aliphatic heterocycles. The molecular formula is C20H20N2O4S. The molecule has 0 amide bonds. The van der Waals surface area contributed by atoms with Crippen LogP contribution < -0.4 is 11.2 Å². The third kappa shape index (κ3) is 2.73. The zero-order chi connectivity index (χ0) is 19.3. The Labute approximate surface area is 159 Å². The van der Waals surface area contributed by atoms with Crippen LogP contribution in [-0.4, -0.2) is 20.6 Å². The van der Waals surface area contributed by atoms with Crippen LogP contribution in [0.2, 0.25) is 0 Å². The van der Waals surface area contributed by atoms with Gasteiger partial charge in [-0.15, -0.1) is 11.3 Å². The van der Waals surface area contributed by atoms with Crippen molar-refractivity contribution in [3.05, 3.63) is 55.5 Å². The number of carbonyl (C=O) groups is 1. The molecule has 4 rings (SSSR count). The van der Waals surface area contributed by atoms with Crippen LogP contribution in [-0.2, 0) is 23.2 Å². The van der Waals surface area contributed by atoms with Crippen LogP contribution in [0.1, 0.15) is 37.8 Å². The zero-order valence-corrected chi connectivity index (χ0v) is 16.0. The van der Waals surface area contributed by atoms with E-state index in [1.54, 1.807) is 0 Å². The van der Waals surface area contributed by atoms with Gasteiger partial charge < -0.3 is 5.11 Å². The number of nitrogens with one attached hydrogen (secondary N) is 1. The standard InChI is InChI=1S/C20H20N2O4S/c1-20(2,18(24)25)22-17(23)15-14(10-27-16(15)21-19(22)26)13-8-7-11-5-3-4-6-12(11)9-13/h7-10H,3-6H2,1-2H3,(H,21,26)(H,24,25). The number of carboxylic acid groups (broad SMARTS) is 1. The number of aromatic amines is 1. The van der Waals surface area contributed by atoms with Crippen molar-refractivity contribution in [3.63, 3.8) is 0 Å². The maximum atomic E-state index is 13.1. The molecule has 27 heavy (non-hydrogen) atoms. The molecule has 0 unspecified atom stereocenters. The average Bonchev–Trinajstić information content (AvgIpc) is 3.05. The highest BCUT2D eigenvalue weighted by Crippen LogP contribution is 2.33. The maximum absolute atomic E-state index is 13.1. The first-order valence-electron chi connectivity index (χ1n) is 8.93. The molecule has 0 bridgehead atoms. The first-order valence-corrected chi connectivity index (χ1v) is 9.81. The second kappa shape index (κ2) is 6.20. The Balaban J connectivity index is 1.98. The van der Waals surface area contributed by atoms with E-state index in [-0.39, 0.29) is 0 Å². The molecule has 0 spiro atoms. The number of thiophene rings is 1. The Morgan fingerprint density at radius 2 is 1.89 bits per heavy atom.